The molecule has 0 aliphatic carbocycles. The first-order chi connectivity index (χ1) is 8.75. The molecule has 0 saturated heterocycles. The maximum atomic E-state index is 13.1. The number of H-pyrrole nitrogens is 1. The highest BCUT2D eigenvalue weighted by atomic mass is 35.5. The molecule has 0 fully saturated rings. The minimum atomic E-state index is -4.80. The SMILES string of the molecule is O=c1cc(-c2cc(F)cc(Cl)c2)nc(C(F)(F)F)[nH]1. The Kier molecular flexibility index (Phi) is 3.32. The van der Waals surface area contributed by atoms with Gasteiger partial charge in [-0.25, -0.2) is 9.37 Å². The van der Waals surface area contributed by atoms with Gasteiger partial charge >= 0.3 is 6.18 Å². The lowest BCUT2D eigenvalue weighted by molar-refractivity contribution is -0.145. The van der Waals surface area contributed by atoms with Gasteiger partial charge in [-0.3, -0.25) is 4.79 Å². The van der Waals surface area contributed by atoms with Crippen LogP contribution < -0.4 is 5.56 Å². The molecule has 1 aromatic heterocycles. The normalized spacial score (nSPS) is 11.6. The lowest BCUT2D eigenvalue weighted by atomic mass is 10.1. The van der Waals surface area contributed by atoms with Crippen LogP contribution in [0.5, 0.6) is 0 Å². The minimum Gasteiger partial charge on any atom is -0.303 e. The molecule has 19 heavy (non-hydrogen) atoms. The fraction of sp³-hybridized carbons (Fsp3) is 0.0909. The number of aromatic amines is 1. The smallest absolute Gasteiger partial charge is 0.303 e. The topological polar surface area (TPSA) is 45.8 Å². The van der Waals surface area contributed by atoms with E-state index in [4.69, 9.17) is 11.6 Å². The van der Waals surface area contributed by atoms with E-state index in [1.165, 1.54) is 6.07 Å². The van der Waals surface area contributed by atoms with Crippen molar-refractivity contribution < 1.29 is 17.6 Å². The van der Waals surface area contributed by atoms with Crippen molar-refractivity contribution in [2.75, 3.05) is 0 Å². The van der Waals surface area contributed by atoms with Crippen molar-refractivity contribution in [1.29, 1.82) is 0 Å². The Morgan fingerprint density at radius 2 is 1.84 bits per heavy atom. The number of hydrogen-bond donors (Lipinski definition) is 1. The van der Waals surface area contributed by atoms with Gasteiger partial charge in [0.2, 0.25) is 5.82 Å². The van der Waals surface area contributed by atoms with Crippen molar-refractivity contribution in [2.24, 2.45) is 0 Å². The average Bonchev–Trinajstić information content (AvgIpc) is 2.25. The molecular formula is C11H5ClF4N2O. The first kappa shape index (κ1) is 13.5. The van der Waals surface area contributed by atoms with Crippen molar-refractivity contribution in [3.8, 4) is 11.3 Å². The van der Waals surface area contributed by atoms with E-state index in [9.17, 15) is 22.4 Å². The van der Waals surface area contributed by atoms with Gasteiger partial charge in [0.1, 0.15) is 5.82 Å². The first-order valence-electron chi connectivity index (χ1n) is 4.91. The van der Waals surface area contributed by atoms with Gasteiger partial charge in [-0.1, -0.05) is 11.6 Å². The second kappa shape index (κ2) is 4.65. The lowest BCUT2D eigenvalue weighted by Crippen LogP contribution is -2.18. The molecule has 2 aromatic rings. The highest BCUT2D eigenvalue weighted by Gasteiger charge is 2.34. The molecule has 0 radical (unpaired) electrons. The lowest BCUT2D eigenvalue weighted by Gasteiger charge is -2.07. The molecule has 1 N–H and O–H groups in total. The summed E-state index contributed by atoms with van der Waals surface area (Å²) in [4.78, 5) is 16.0. The van der Waals surface area contributed by atoms with Gasteiger partial charge in [-0.05, 0) is 18.2 Å². The molecule has 0 bridgehead atoms. The largest absolute Gasteiger partial charge is 0.449 e. The molecule has 3 nitrogen and oxygen atoms in total. The quantitative estimate of drug-likeness (QED) is 0.820. The predicted molar refractivity (Wildman–Crippen MR) is 60.3 cm³/mol. The van der Waals surface area contributed by atoms with Crippen molar-refractivity contribution in [3.63, 3.8) is 0 Å². The van der Waals surface area contributed by atoms with E-state index in [0.717, 1.165) is 18.2 Å². The van der Waals surface area contributed by atoms with E-state index in [1.54, 1.807) is 4.98 Å². The number of halogens is 5. The Labute approximate surface area is 108 Å². The number of rotatable bonds is 1. The van der Waals surface area contributed by atoms with Crippen molar-refractivity contribution in [3.05, 3.63) is 51.3 Å². The van der Waals surface area contributed by atoms with Crippen LogP contribution in [0.25, 0.3) is 11.3 Å². The fourth-order valence-electron chi connectivity index (χ4n) is 1.44. The van der Waals surface area contributed by atoms with E-state index in [2.05, 4.69) is 4.98 Å². The number of nitrogens with zero attached hydrogens (tertiary/aromatic N) is 1. The standard InChI is InChI=1S/C11H5ClF4N2O/c12-6-1-5(2-7(13)3-6)8-4-9(19)18-10(17-8)11(14,15)16/h1-4H,(H,17,18,19). The van der Waals surface area contributed by atoms with E-state index >= 15 is 0 Å². The molecule has 0 spiro atoms. The molecular weight excluding hydrogens is 288 g/mol. The molecule has 100 valence electrons. The van der Waals surface area contributed by atoms with Gasteiger partial charge in [0.25, 0.3) is 5.56 Å². The average molecular weight is 293 g/mol. The summed E-state index contributed by atoms with van der Waals surface area (Å²) in [5.41, 5.74) is -1.31. The summed E-state index contributed by atoms with van der Waals surface area (Å²) in [7, 11) is 0. The molecule has 8 heteroatoms. The summed E-state index contributed by atoms with van der Waals surface area (Å²) in [5.74, 6) is -2.19. The number of nitrogens with one attached hydrogen (secondary N) is 1. The van der Waals surface area contributed by atoms with Crippen molar-refractivity contribution in [1.82, 2.24) is 9.97 Å². The molecule has 0 amide bonds. The Morgan fingerprint density at radius 1 is 1.16 bits per heavy atom. The van der Waals surface area contributed by atoms with E-state index in [1.807, 2.05) is 0 Å². The highest BCUT2D eigenvalue weighted by Crippen LogP contribution is 2.28. The highest BCUT2D eigenvalue weighted by molar-refractivity contribution is 6.30. The zero-order valence-corrected chi connectivity index (χ0v) is 9.81. The molecule has 0 aliphatic heterocycles. The Morgan fingerprint density at radius 3 is 2.42 bits per heavy atom. The van der Waals surface area contributed by atoms with Gasteiger partial charge < -0.3 is 4.98 Å². The molecule has 2 rings (SSSR count). The van der Waals surface area contributed by atoms with E-state index in [0.29, 0.717) is 0 Å². The summed E-state index contributed by atoms with van der Waals surface area (Å²) in [5, 5.41) is -0.00867. The first-order valence-corrected chi connectivity index (χ1v) is 5.28. The van der Waals surface area contributed by atoms with Crippen LogP contribution in [0, 0.1) is 5.82 Å². The van der Waals surface area contributed by atoms with Crippen LogP contribution in [0.4, 0.5) is 17.6 Å². The zero-order valence-electron chi connectivity index (χ0n) is 9.05. The van der Waals surface area contributed by atoms with Crippen LogP contribution in [-0.4, -0.2) is 9.97 Å². The zero-order chi connectivity index (χ0) is 14.2. The number of hydrogen-bond acceptors (Lipinski definition) is 2. The molecule has 0 saturated carbocycles. The number of alkyl halides is 3. The fourth-order valence-corrected chi connectivity index (χ4v) is 1.66. The molecule has 1 aromatic carbocycles. The number of benzene rings is 1. The van der Waals surface area contributed by atoms with E-state index < -0.39 is 23.4 Å². The van der Waals surface area contributed by atoms with Gasteiger partial charge in [-0.15, -0.1) is 0 Å². The van der Waals surface area contributed by atoms with Gasteiger partial charge in [0, 0.05) is 16.7 Å². The Bertz CT molecular complexity index is 661. The van der Waals surface area contributed by atoms with Crippen LogP contribution in [0.1, 0.15) is 5.82 Å². The van der Waals surface area contributed by atoms with Crippen LogP contribution in [0.15, 0.2) is 29.1 Å². The van der Waals surface area contributed by atoms with E-state index in [-0.39, 0.29) is 16.3 Å². The number of aromatic nitrogens is 2. The third kappa shape index (κ3) is 3.11. The molecule has 0 unspecified atom stereocenters. The van der Waals surface area contributed by atoms with Crippen LogP contribution in [-0.2, 0) is 6.18 Å². The second-order valence-electron chi connectivity index (χ2n) is 3.64. The summed E-state index contributed by atoms with van der Waals surface area (Å²) in [6.45, 7) is 0. The maximum Gasteiger partial charge on any atom is 0.449 e. The second-order valence-corrected chi connectivity index (χ2v) is 4.07. The van der Waals surface area contributed by atoms with Crippen molar-refractivity contribution >= 4 is 11.6 Å². The van der Waals surface area contributed by atoms with Gasteiger partial charge in [0.05, 0.1) is 5.69 Å². The van der Waals surface area contributed by atoms with Crippen LogP contribution in [0.2, 0.25) is 5.02 Å². The van der Waals surface area contributed by atoms with Gasteiger partial charge in [0.15, 0.2) is 0 Å². The van der Waals surface area contributed by atoms with Crippen molar-refractivity contribution in [2.45, 2.75) is 6.18 Å². The van der Waals surface area contributed by atoms with Crippen LogP contribution >= 0.6 is 11.6 Å². The Balaban J connectivity index is 2.63. The molecule has 1 heterocycles. The van der Waals surface area contributed by atoms with Gasteiger partial charge in [-0.2, -0.15) is 13.2 Å². The third-order valence-corrected chi connectivity index (χ3v) is 2.39. The third-order valence-electron chi connectivity index (χ3n) is 2.17. The summed E-state index contributed by atoms with van der Waals surface area (Å²) in [6.07, 6.45) is -4.80. The predicted octanol–water partition coefficient (Wildman–Crippen LogP) is 3.25. The van der Waals surface area contributed by atoms with Crippen LogP contribution in [0.3, 0.4) is 0 Å². The Hall–Kier alpha value is -1.89. The summed E-state index contributed by atoms with van der Waals surface area (Å²) in [6, 6.07) is 3.98. The molecule has 0 aliphatic rings. The maximum absolute atomic E-state index is 13.1. The molecule has 0 atom stereocenters. The summed E-state index contributed by atoms with van der Waals surface area (Å²) < 4.78 is 50.6. The minimum absolute atomic E-state index is 0.00867. The summed E-state index contributed by atoms with van der Waals surface area (Å²) >= 11 is 5.59. The monoisotopic (exact) mass is 292 g/mol.